The molecule has 29 heavy (non-hydrogen) atoms. The number of benzene rings is 2. The minimum Gasteiger partial charge on any atom is -0.486 e. The highest BCUT2D eigenvalue weighted by atomic mass is 19.1. The average molecular weight is 408 g/mol. The quantitative estimate of drug-likeness (QED) is 0.395. The number of halogens is 2. The topological polar surface area (TPSA) is 54.0 Å². The van der Waals surface area contributed by atoms with Gasteiger partial charge in [0.15, 0.2) is 11.6 Å². The summed E-state index contributed by atoms with van der Waals surface area (Å²) in [5.74, 6) is -4.50. The molecule has 2 rings (SSSR count). The summed E-state index contributed by atoms with van der Waals surface area (Å²) in [5, 5.41) is 0. The van der Waals surface area contributed by atoms with Gasteiger partial charge in [-0.1, -0.05) is 43.7 Å². The van der Waals surface area contributed by atoms with E-state index < -0.39 is 29.3 Å². The van der Waals surface area contributed by atoms with Crippen LogP contribution in [0.25, 0.3) is 0 Å². The summed E-state index contributed by atoms with van der Waals surface area (Å²) in [7, 11) is 1.04. The molecular weight excluding hydrogens is 382 g/mol. The van der Waals surface area contributed by atoms with Gasteiger partial charge in [0.2, 0.25) is 17.2 Å². The number of hydrogen-bond acceptors (Lipinski definition) is 5. The number of methoxy groups -OCH3 is 1. The SMILES string of the molecule is CCCCOc1c(OCc2ccccc2)c(F)c(C(=O)OC)c(F)c1OC(C)C. The number of hydrogen-bond donors (Lipinski definition) is 0. The van der Waals surface area contributed by atoms with Crippen LogP contribution in [0.5, 0.6) is 17.2 Å². The zero-order chi connectivity index (χ0) is 21.4. The molecule has 0 saturated carbocycles. The number of carbonyl (C=O) groups excluding carboxylic acids is 1. The van der Waals surface area contributed by atoms with Gasteiger partial charge in [-0.2, -0.15) is 0 Å². The molecule has 0 N–H and O–H groups in total. The van der Waals surface area contributed by atoms with Crippen molar-refractivity contribution in [1.29, 1.82) is 0 Å². The Labute approximate surface area is 169 Å². The fraction of sp³-hybridized carbons (Fsp3) is 0.409. The van der Waals surface area contributed by atoms with Gasteiger partial charge >= 0.3 is 5.97 Å². The molecule has 0 aliphatic rings. The van der Waals surface area contributed by atoms with Gasteiger partial charge in [-0.05, 0) is 25.8 Å². The molecule has 0 bridgehead atoms. The monoisotopic (exact) mass is 408 g/mol. The molecule has 0 atom stereocenters. The van der Waals surface area contributed by atoms with Crippen LogP contribution in [0.1, 0.15) is 49.5 Å². The van der Waals surface area contributed by atoms with E-state index in [4.69, 9.17) is 14.2 Å². The summed E-state index contributed by atoms with van der Waals surface area (Å²) in [6, 6.07) is 9.06. The summed E-state index contributed by atoms with van der Waals surface area (Å²) in [5.41, 5.74) is -0.115. The first-order valence-corrected chi connectivity index (χ1v) is 9.50. The van der Waals surface area contributed by atoms with E-state index in [-0.39, 0.29) is 30.5 Å². The molecule has 2 aromatic carbocycles. The highest BCUT2D eigenvalue weighted by molar-refractivity contribution is 5.92. The largest absolute Gasteiger partial charge is 0.486 e. The van der Waals surface area contributed by atoms with Gasteiger partial charge in [0.25, 0.3) is 0 Å². The lowest BCUT2D eigenvalue weighted by Gasteiger charge is -2.21. The van der Waals surface area contributed by atoms with Crippen molar-refractivity contribution >= 4 is 5.97 Å². The second-order valence-electron chi connectivity index (χ2n) is 6.62. The molecule has 0 saturated heterocycles. The van der Waals surface area contributed by atoms with Crippen LogP contribution in [0.2, 0.25) is 0 Å². The Morgan fingerprint density at radius 2 is 1.66 bits per heavy atom. The highest BCUT2D eigenvalue weighted by Crippen LogP contribution is 2.45. The summed E-state index contributed by atoms with van der Waals surface area (Å²) < 4.78 is 51.6. The molecule has 0 heterocycles. The molecule has 2 aromatic rings. The maximum absolute atomic E-state index is 15.2. The van der Waals surface area contributed by atoms with Crippen LogP contribution < -0.4 is 14.2 Å². The van der Waals surface area contributed by atoms with Crippen molar-refractivity contribution < 1.29 is 32.5 Å². The maximum Gasteiger partial charge on any atom is 0.344 e. The molecule has 7 heteroatoms. The Morgan fingerprint density at radius 1 is 1.00 bits per heavy atom. The molecule has 0 unspecified atom stereocenters. The third kappa shape index (κ3) is 5.59. The normalized spacial score (nSPS) is 10.7. The van der Waals surface area contributed by atoms with Gasteiger partial charge < -0.3 is 18.9 Å². The maximum atomic E-state index is 15.2. The Balaban J connectivity index is 2.58. The van der Waals surface area contributed by atoms with E-state index in [9.17, 15) is 4.79 Å². The van der Waals surface area contributed by atoms with E-state index in [2.05, 4.69) is 4.74 Å². The van der Waals surface area contributed by atoms with Crippen LogP contribution in [0.3, 0.4) is 0 Å². The Morgan fingerprint density at radius 3 is 2.24 bits per heavy atom. The zero-order valence-electron chi connectivity index (χ0n) is 17.1. The lowest BCUT2D eigenvalue weighted by molar-refractivity contribution is 0.0585. The first-order chi connectivity index (χ1) is 13.9. The lowest BCUT2D eigenvalue weighted by Crippen LogP contribution is -2.16. The van der Waals surface area contributed by atoms with Gasteiger partial charge in [-0.25, -0.2) is 13.6 Å². The van der Waals surface area contributed by atoms with Crippen molar-refractivity contribution in [1.82, 2.24) is 0 Å². The smallest absolute Gasteiger partial charge is 0.344 e. The third-order valence-corrected chi connectivity index (χ3v) is 3.96. The first-order valence-electron chi connectivity index (χ1n) is 9.50. The predicted octanol–water partition coefficient (Wildman–Crippen LogP) is 5.30. The summed E-state index contributed by atoms with van der Waals surface area (Å²) in [4.78, 5) is 12.0. The average Bonchev–Trinajstić information content (AvgIpc) is 2.70. The molecule has 0 aliphatic carbocycles. The van der Waals surface area contributed by atoms with Gasteiger partial charge in [0.05, 0.1) is 19.8 Å². The minimum atomic E-state index is -1.19. The van der Waals surface area contributed by atoms with Crippen LogP contribution in [-0.4, -0.2) is 25.8 Å². The van der Waals surface area contributed by atoms with Crippen molar-refractivity contribution in [2.24, 2.45) is 0 Å². The van der Waals surface area contributed by atoms with Gasteiger partial charge in [-0.15, -0.1) is 0 Å². The van der Waals surface area contributed by atoms with E-state index in [1.165, 1.54) is 0 Å². The molecular formula is C22H26F2O5. The fourth-order valence-corrected chi connectivity index (χ4v) is 2.56. The number of esters is 1. The molecule has 0 amide bonds. The number of carbonyl (C=O) groups is 1. The van der Waals surface area contributed by atoms with Crippen LogP contribution >= 0.6 is 0 Å². The molecule has 0 spiro atoms. The van der Waals surface area contributed by atoms with Crippen LogP contribution in [-0.2, 0) is 11.3 Å². The molecule has 0 aromatic heterocycles. The number of rotatable bonds is 10. The third-order valence-electron chi connectivity index (χ3n) is 3.96. The Bertz CT molecular complexity index is 822. The summed E-state index contributed by atoms with van der Waals surface area (Å²) in [6.45, 7) is 5.53. The fourth-order valence-electron chi connectivity index (χ4n) is 2.56. The Kier molecular flexibility index (Phi) is 8.24. The second kappa shape index (κ2) is 10.6. The predicted molar refractivity (Wildman–Crippen MR) is 105 cm³/mol. The van der Waals surface area contributed by atoms with Crippen molar-refractivity contribution in [2.45, 2.75) is 46.3 Å². The minimum absolute atomic E-state index is 0.00470. The molecule has 158 valence electrons. The lowest BCUT2D eigenvalue weighted by atomic mass is 10.1. The van der Waals surface area contributed by atoms with Crippen molar-refractivity contribution in [3.63, 3.8) is 0 Å². The summed E-state index contributed by atoms with van der Waals surface area (Å²) in [6.07, 6.45) is 1.04. The van der Waals surface area contributed by atoms with E-state index in [1.54, 1.807) is 26.0 Å². The van der Waals surface area contributed by atoms with Gasteiger partial charge in [0, 0.05) is 0 Å². The van der Waals surface area contributed by atoms with E-state index in [1.807, 2.05) is 25.1 Å². The van der Waals surface area contributed by atoms with Crippen LogP contribution in [0.4, 0.5) is 8.78 Å². The second-order valence-corrected chi connectivity index (χ2v) is 6.62. The van der Waals surface area contributed by atoms with Crippen LogP contribution in [0, 0.1) is 11.6 Å². The standard InChI is InChI=1S/C22H26F2O5/c1-5-6-12-27-21-19(28-13-15-10-8-7-9-11-15)17(23)16(22(25)26-4)18(24)20(21)29-14(2)3/h7-11,14H,5-6,12-13H2,1-4H3. The molecule has 0 fully saturated rings. The van der Waals surface area contributed by atoms with Gasteiger partial charge in [-0.3, -0.25) is 0 Å². The molecule has 0 aliphatic heterocycles. The Hall–Kier alpha value is -2.83. The van der Waals surface area contributed by atoms with Crippen molar-refractivity contribution in [2.75, 3.05) is 13.7 Å². The number of unbranched alkanes of at least 4 members (excludes halogenated alkanes) is 1. The molecule has 5 nitrogen and oxygen atoms in total. The van der Waals surface area contributed by atoms with E-state index in [0.29, 0.717) is 6.42 Å². The molecule has 0 radical (unpaired) electrons. The van der Waals surface area contributed by atoms with E-state index in [0.717, 1.165) is 19.1 Å². The summed E-state index contributed by atoms with van der Waals surface area (Å²) >= 11 is 0. The van der Waals surface area contributed by atoms with E-state index >= 15 is 8.78 Å². The number of ether oxygens (including phenoxy) is 4. The zero-order valence-corrected chi connectivity index (χ0v) is 17.1. The van der Waals surface area contributed by atoms with Gasteiger partial charge in [0.1, 0.15) is 12.2 Å². The van der Waals surface area contributed by atoms with Crippen molar-refractivity contribution in [3.05, 3.63) is 53.1 Å². The highest BCUT2D eigenvalue weighted by Gasteiger charge is 2.33. The van der Waals surface area contributed by atoms with Crippen LogP contribution in [0.15, 0.2) is 30.3 Å². The first kappa shape index (κ1) is 22.5. The van der Waals surface area contributed by atoms with Crippen molar-refractivity contribution in [3.8, 4) is 17.2 Å².